The number of aromatic amines is 1. The van der Waals surface area contributed by atoms with Gasteiger partial charge in [0.25, 0.3) is 5.56 Å². The maximum atomic E-state index is 12.3. The summed E-state index contributed by atoms with van der Waals surface area (Å²) in [6, 6.07) is 3.52. The summed E-state index contributed by atoms with van der Waals surface area (Å²) in [5, 5.41) is 21.0. The number of H-pyrrole nitrogens is 1. The Morgan fingerprint density at radius 3 is 2.63 bits per heavy atom. The largest absolute Gasteiger partial charge is 0.472 e. The predicted molar refractivity (Wildman–Crippen MR) is 103 cm³/mol. The molecule has 1 aromatic rings. The van der Waals surface area contributed by atoms with Gasteiger partial charge in [0.1, 0.15) is 18.3 Å². The van der Waals surface area contributed by atoms with Crippen LogP contribution in [0.5, 0.6) is 0 Å². The molecule has 30 heavy (non-hydrogen) atoms. The average molecular weight is 438 g/mol. The van der Waals surface area contributed by atoms with Crippen molar-refractivity contribution >= 4 is 18.9 Å². The van der Waals surface area contributed by atoms with Crippen molar-refractivity contribution in [1.29, 1.82) is 0 Å². The second kappa shape index (κ2) is 7.34. The lowest BCUT2D eigenvalue weighted by molar-refractivity contribution is -0.0491. The van der Waals surface area contributed by atoms with Gasteiger partial charge in [-0.15, -0.1) is 0 Å². The van der Waals surface area contributed by atoms with Crippen molar-refractivity contribution in [3.8, 4) is 11.5 Å². The van der Waals surface area contributed by atoms with Gasteiger partial charge in [-0.2, -0.15) is 4.98 Å². The number of benzene rings is 1. The number of phosphoric acid groups is 1. The van der Waals surface area contributed by atoms with Crippen LogP contribution in [0.2, 0.25) is 0 Å². The number of rotatable bonds is 4. The van der Waals surface area contributed by atoms with E-state index in [1.165, 1.54) is 4.57 Å². The smallest absolute Gasteiger partial charge is 0.388 e. The fraction of sp³-hybridized carbons (Fsp3) is 0.412. The third-order valence-corrected chi connectivity index (χ3v) is 6.05. The Balaban J connectivity index is 1.83. The molecule has 4 atom stereocenters. The summed E-state index contributed by atoms with van der Waals surface area (Å²) in [6.45, 7) is 3.05. The molecule has 1 saturated heterocycles. The molecule has 1 unspecified atom stereocenters. The topological polar surface area (TPSA) is 177 Å². The molecule has 160 valence electrons. The van der Waals surface area contributed by atoms with Crippen LogP contribution in [0.1, 0.15) is 11.1 Å². The van der Waals surface area contributed by atoms with E-state index in [1.807, 2.05) is 13.8 Å². The van der Waals surface area contributed by atoms with Crippen LogP contribution in [0.15, 0.2) is 21.7 Å². The van der Waals surface area contributed by atoms with Gasteiger partial charge in [-0.25, -0.2) is 14.3 Å². The zero-order valence-corrected chi connectivity index (χ0v) is 16.9. The van der Waals surface area contributed by atoms with Crippen LogP contribution in [-0.4, -0.2) is 59.5 Å². The molecule has 0 aliphatic carbocycles. The Kier molecular flexibility index (Phi) is 5.09. The fourth-order valence-electron chi connectivity index (χ4n) is 3.34. The molecular formula is C17H19N4O8P. The van der Waals surface area contributed by atoms with E-state index in [4.69, 9.17) is 4.52 Å². The van der Waals surface area contributed by atoms with Crippen LogP contribution in [0.3, 0.4) is 0 Å². The molecule has 3 aliphatic rings. The summed E-state index contributed by atoms with van der Waals surface area (Å²) >= 11 is 0. The van der Waals surface area contributed by atoms with E-state index in [0.29, 0.717) is 11.0 Å². The van der Waals surface area contributed by atoms with Crippen molar-refractivity contribution in [3.05, 3.63) is 44.1 Å². The summed E-state index contributed by atoms with van der Waals surface area (Å²) in [6.07, 6.45) is -4.32. The van der Waals surface area contributed by atoms with Crippen LogP contribution in [0, 0.1) is 13.8 Å². The fourth-order valence-corrected chi connectivity index (χ4v) is 4.26. The maximum absolute atomic E-state index is 12.3. The zero-order chi connectivity index (χ0) is 21.8. The Morgan fingerprint density at radius 1 is 1.27 bits per heavy atom. The lowest BCUT2D eigenvalue weighted by Gasteiger charge is -2.25. The van der Waals surface area contributed by atoms with Gasteiger partial charge < -0.3 is 19.7 Å². The number of aryl methyl sites for hydroxylation is 2. The van der Waals surface area contributed by atoms with Gasteiger partial charge in [0.15, 0.2) is 11.5 Å². The molecule has 0 spiro atoms. The van der Waals surface area contributed by atoms with E-state index >= 15 is 0 Å². The molecule has 0 aromatic heterocycles. The molecule has 0 bridgehead atoms. The van der Waals surface area contributed by atoms with Crippen molar-refractivity contribution in [1.82, 2.24) is 19.5 Å². The van der Waals surface area contributed by atoms with E-state index in [2.05, 4.69) is 19.5 Å². The zero-order valence-electron chi connectivity index (χ0n) is 16.0. The van der Waals surface area contributed by atoms with E-state index < -0.39 is 37.4 Å². The van der Waals surface area contributed by atoms with E-state index in [-0.39, 0.29) is 24.7 Å². The van der Waals surface area contributed by atoms with Gasteiger partial charge in [0, 0.05) is 0 Å². The van der Waals surface area contributed by atoms with Crippen LogP contribution < -0.4 is 11.2 Å². The molecular weight excluding hydrogens is 419 g/mol. The van der Waals surface area contributed by atoms with Crippen molar-refractivity contribution in [2.24, 2.45) is 0 Å². The first-order valence-corrected chi connectivity index (χ1v) is 10.5. The number of hydrogen-bond donors (Lipinski definition) is 4. The first-order valence-electron chi connectivity index (χ1n) is 8.99. The lowest BCUT2D eigenvalue weighted by Crippen LogP contribution is -2.41. The van der Waals surface area contributed by atoms with E-state index in [1.54, 1.807) is 12.1 Å². The Bertz CT molecular complexity index is 1270. The summed E-state index contributed by atoms with van der Waals surface area (Å²) < 4.78 is 22.2. The number of phosphoric ester groups is 1. The number of nitrogens with zero attached hydrogens (tertiary/aromatic N) is 3. The molecule has 13 heteroatoms. The Hall–Kier alpha value is -2.47. The van der Waals surface area contributed by atoms with Gasteiger partial charge in [-0.3, -0.25) is 18.8 Å². The Labute approximate surface area is 168 Å². The molecule has 1 aromatic carbocycles. The molecule has 1 fully saturated rings. The number of fused-ring (bicyclic) bond motifs is 2. The molecule has 12 nitrogen and oxygen atoms in total. The van der Waals surface area contributed by atoms with Crippen LogP contribution in [-0.2, 0) is 20.2 Å². The minimum absolute atomic E-state index is 0.0674. The first-order chi connectivity index (χ1) is 14.1. The molecule has 0 radical (unpaired) electrons. The number of aromatic nitrogens is 4. The van der Waals surface area contributed by atoms with Gasteiger partial charge in [0.2, 0.25) is 0 Å². The lowest BCUT2D eigenvalue weighted by atomic mass is 10.1. The van der Waals surface area contributed by atoms with Crippen LogP contribution >= 0.6 is 7.82 Å². The van der Waals surface area contributed by atoms with Crippen molar-refractivity contribution in [2.45, 2.75) is 38.7 Å². The van der Waals surface area contributed by atoms with E-state index in [0.717, 1.165) is 11.1 Å². The third kappa shape index (κ3) is 3.69. The van der Waals surface area contributed by atoms with Crippen molar-refractivity contribution in [3.63, 3.8) is 0 Å². The minimum atomic E-state index is -4.27. The standard InChI is InChI=1S/C17H19N4O8P/c1-7-3-9-10(4-8(7)2)21(15-13(18-9)16(24)20-17(25)19-15)5-11(22)14(23)12-6-28-30(26,27)29-12/h3-4,11-12,14,22-23H,5-6H2,1-2H3,(H,26,27)(H,20,24,25)/t11-,12+,14-/m1/s1. The number of aliphatic hydroxyl groups excluding tert-OH is 2. The molecule has 3 aliphatic heterocycles. The summed E-state index contributed by atoms with van der Waals surface area (Å²) in [5.41, 5.74) is 1.00. The number of nitrogens with one attached hydrogen (secondary N) is 1. The highest BCUT2D eigenvalue weighted by molar-refractivity contribution is 7.47. The average Bonchev–Trinajstić information content (AvgIpc) is 3.03. The monoisotopic (exact) mass is 438 g/mol. The normalized spacial score (nSPS) is 23.8. The molecule has 3 heterocycles. The number of hydrogen-bond acceptors (Lipinski definition) is 9. The predicted octanol–water partition coefficient (Wildman–Crippen LogP) is -0.561. The Morgan fingerprint density at radius 2 is 1.97 bits per heavy atom. The van der Waals surface area contributed by atoms with Crippen LogP contribution in [0.25, 0.3) is 22.6 Å². The summed E-state index contributed by atoms with van der Waals surface area (Å²) in [5.74, 6) is -0.0674. The highest BCUT2D eigenvalue weighted by Crippen LogP contribution is 2.50. The highest BCUT2D eigenvalue weighted by Gasteiger charge is 2.41. The van der Waals surface area contributed by atoms with Gasteiger partial charge in [-0.05, 0) is 37.1 Å². The van der Waals surface area contributed by atoms with Gasteiger partial charge in [0.05, 0.1) is 24.2 Å². The highest BCUT2D eigenvalue weighted by atomic mass is 31.2. The second-order valence-corrected chi connectivity index (χ2v) is 8.56. The maximum Gasteiger partial charge on any atom is 0.472 e. The SMILES string of the molecule is Cc1cc2nc3c(=O)[nH]c(=O)nc-3n(C[C@@H](O)[C@@H](O)[C@@H]3COP(=O)(O)O3)c2cc1C. The first kappa shape index (κ1) is 20.8. The molecule has 4 N–H and O–H groups in total. The van der Waals surface area contributed by atoms with Crippen LogP contribution in [0.4, 0.5) is 0 Å². The number of aliphatic hydroxyl groups is 2. The molecule has 0 saturated carbocycles. The molecule has 4 rings (SSSR count). The van der Waals surface area contributed by atoms with Crippen molar-refractivity contribution < 1.29 is 28.7 Å². The van der Waals surface area contributed by atoms with Gasteiger partial charge in [-0.1, -0.05) is 0 Å². The summed E-state index contributed by atoms with van der Waals surface area (Å²) in [7, 11) is -4.27. The third-order valence-electron chi connectivity index (χ3n) is 5.04. The minimum Gasteiger partial charge on any atom is -0.388 e. The van der Waals surface area contributed by atoms with Crippen molar-refractivity contribution in [2.75, 3.05) is 6.61 Å². The second-order valence-electron chi connectivity index (χ2n) is 7.16. The summed E-state index contributed by atoms with van der Waals surface area (Å²) in [4.78, 5) is 43.6. The quantitative estimate of drug-likeness (QED) is 0.305. The van der Waals surface area contributed by atoms with E-state index in [9.17, 15) is 29.3 Å². The molecule has 0 amide bonds. The van der Waals surface area contributed by atoms with Gasteiger partial charge >= 0.3 is 13.5 Å².